The molecule has 0 aromatic heterocycles. The van der Waals surface area contributed by atoms with Crippen LogP contribution >= 0.6 is 0 Å². The summed E-state index contributed by atoms with van der Waals surface area (Å²) >= 11 is 0. The molecule has 20 heavy (non-hydrogen) atoms. The Morgan fingerprint density at radius 2 is 2.10 bits per heavy atom. The van der Waals surface area contributed by atoms with Crippen LogP contribution < -0.4 is 5.32 Å². The quantitative estimate of drug-likeness (QED) is 0.584. The standard InChI is InChI=1S/C17H23NO2/c1-14-3-5-15(6-4-14)9-10-17(19)18-11-2-12-20-13-16-7-8-16/h3-6,9-10,16H,2,7-8,11-13H2,1H3,(H,18,19)/b10-9+. The van der Waals surface area contributed by atoms with E-state index < -0.39 is 0 Å². The first kappa shape index (κ1) is 14.8. The minimum absolute atomic E-state index is 0.0484. The van der Waals surface area contributed by atoms with E-state index in [0.717, 1.165) is 31.1 Å². The first-order valence-electron chi connectivity index (χ1n) is 7.34. The predicted octanol–water partition coefficient (Wildman–Crippen LogP) is 2.94. The molecule has 1 aliphatic carbocycles. The lowest BCUT2D eigenvalue weighted by atomic mass is 10.1. The van der Waals surface area contributed by atoms with Crippen LogP contribution in [-0.4, -0.2) is 25.7 Å². The van der Waals surface area contributed by atoms with Crippen molar-refractivity contribution in [2.45, 2.75) is 26.2 Å². The van der Waals surface area contributed by atoms with Gasteiger partial charge in [-0.1, -0.05) is 29.8 Å². The third-order valence-corrected chi connectivity index (χ3v) is 3.32. The molecule has 0 spiro atoms. The highest BCUT2D eigenvalue weighted by Crippen LogP contribution is 2.28. The van der Waals surface area contributed by atoms with E-state index >= 15 is 0 Å². The Morgan fingerprint density at radius 1 is 1.35 bits per heavy atom. The van der Waals surface area contributed by atoms with E-state index in [1.165, 1.54) is 18.4 Å². The van der Waals surface area contributed by atoms with Crippen LogP contribution in [0.2, 0.25) is 0 Å². The van der Waals surface area contributed by atoms with Crippen molar-refractivity contribution in [1.82, 2.24) is 5.32 Å². The molecule has 0 atom stereocenters. The molecular weight excluding hydrogens is 250 g/mol. The normalized spacial score (nSPS) is 14.7. The van der Waals surface area contributed by atoms with Crippen LogP contribution in [0.5, 0.6) is 0 Å². The van der Waals surface area contributed by atoms with Crippen LogP contribution in [-0.2, 0) is 9.53 Å². The number of hydrogen-bond acceptors (Lipinski definition) is 2. The molecule has 3 heteroatoms. The summed E-state index contributed by atoms with van der Waals surface area (Å²) in [5.74, 6) is 0.759. The lowest BCUT2D eigenvalue weighted by Gasteiger charge is -2.03. The van der Waals surface area contributed by atoms with Crippen molar-refractivity contribution < 1.29 is 9.53 Å². The molecule has 1 fully saturated rings. The van der Waals surface area contributed by atoms with Gasteiger partial charge in [-0.05, 0) is 43.7 Å². The average molecular weight is 273 g/mol. The number of ether oxygens (including phenoxy) is 1. The predicted molar refractivity (Wildman–Crippen MR) is 81.4 cm³/mol. The van der Waals surface area contributed by atoms with Crippen molar-refractivity contribution in [2.24, 2.45) is 5.92 Å². The van der Waals surface area contributed by atoms with E-state index in [0.29, 0.717) is 6.54 Å². The molecule has 0 unspecified atom stereocenters. The van der Waals surface area contributed by atoms with Crippen molar-refractivity contribution in [3.8, 4) is 0 Å². The first-order chi connectivity index (χ1) is 9.74. The zero-order chi connectivity index (χ0) is 14.2. The summed E-state index contributed by atoms with van der Waals surface area (Å²) in [6.45, 7) is 4.34. The van der Waals surface area contributed by atoms with Crippen LogP contribution in [0.4, 0.5) is 0 Å². The van der Waals surface area contributed by atoms with Crippen LogP contribution in [0.3, 0.4) is 0 Å². The monoisotopic (exact) mass is 273 g/mol. The molecule has 1 aromatic carbocycles. The van der Waals surface area contributed by atoms with Gasteiger partial charge in [-0.15, -0.1) is 0 Å². The highest BCUT2D eigenvalue weighted by Gasteiger charge is 2.20. The fourth-order valence-electron chi connectivity index (χ4n) is 1.83. The van der Waals surface area contributed by atoms with Gasteiger partial charge in [0.1, 0.15) is 0 Å². The van der Waals surface area contributed by atoms with Crippen molar-refractivity contribution >= 4 is 12.0 Å². The average Bonchev–Trinajstić information content (AvgIpc) is 3.26. The van der Waals surface area contributed by atoms with Gasteiger partial charge in [-0.3, -0.25) is 4.79 Å². The largest absolute Gasteiger partial charge is 0.381 e. The molecule has 1 amide bonds. The van der Waals surface area contributed by atoms with Crippen LogP contribution in [0.1, 0.15) is 30.4 Å². The molecule has 0 aliphatic heterocycles. The van der Waals surface area contributed by atoms with Gasteiger partial charge in [0.15, 0.2) is 0 Å². The van der Waals surface area contributed by atoms with Crippen LogP contribution in [0.25, 0.3) is 6.08 Å². The third-order valence-electron chi connectivity index (χ3n) is 3.32. The maximum absolute atomic E-state index is 11.6. The smallest absolute Gasteiger partial charge is 0.244 e. The second-order valence-corrected chi connectivity index (χ2v) is 5.41. The second-order valence-electron chi connectivity index (χ2n) is 5.41. The molecule has 0 radical (unpaired) electrons. The highest BCUT2D eigenvalue weighted by atomic mass is 16.5. The summed E-state index contributed by atoms with van der Waals surface area (Å²) in [5.41, 5.74) is 2.26. The minimum Gasteiger partial charge on any atom is -0.381 e. The van der Waals surface area contributed by atoms with Crippen molar-refractivity contribution in [3.05, 3.63) is 41.5 Å². The number of rotatable bonds is 8. The van der Waals surface area contributed by atoms with E-state index in [1.807, 2.05) is 37.3 Å². The van der Waals surface area contributed by atoms with Crippen molar-refractivity contribution in [3.63, 3.8) is 0 Å². The molecule has 1 saturated carbocycles. The van der Waals surface area contributed by atoms with E-state index in [9.17, 15) is 4.79 Å². The lowest BCUT2D eigenvalue weighted by molar-refractivity contribution is -0.116. The van der Waals surface area contributed by atoms with Gasteiger partial charge in [0.05, 0.1) is 0 Å². The van der Waals surface area contributed by atoms with Gasteiger partial charge >= 0.3 is 0 Å². The topological polar surface area (TPSA) is 38.3 Å². The maximum atomic E-state index is 11.6. The second kappa shape index (κ2) is 7.85. The molecule has 1 aromatic rings. The molecular formula is C17H23NO2. The number of carbonyl (C=O) groups is 1. The Balaban J connectivity index is 1.55. The third kappa shape index (κ3) is 6.02. The summed E-state index contributed by atoms with van der Waals surface area (Å²) in [5, 5.41) is 2.86. The molecule has 2 rings (SSSR count). The molecule has 0 bridgehead atoms. The van der Waals surface area contributed by atoms with Gasteiger partial charge in [-0.25, -0.2) is 0 Å². The summed E-state index contributed by atoms with van der Waals surface area (Å²) in [7, 11) is 0. The fourth-order valence-corrected chi connectivity index (χ4v) is 1.83. The Bertz CT molecular complexity index is 447. The summed E-state index contributed by atoms with van der Waals surface area (Å²) in [6, 6.07) is 8.08. The van der Waals surface area contributed by atoms with Gasteiger partial charge in [0.25, 0.3) is 0 Å². The van der Waals surface area contributed by atoms with Crippen molar-refractivity contribution in [2.75, 3.05) is 19.8 Å². The number of aryl methyl sites for hydroxylation is 1. The Kier molecular flexibility index (Phi) is 5.81. The van der Waals surface area contributed by atoms with Gasteiger partial charge in [0, 0.05) is 25.8 Å². The fraction of sp³-hybridized carbons (Fsp3) is 0.471. The molecule has 1 aliphatic rings. The zero-order valence-electron chi connectivity index (χ0n) is 12.1. The maximum Gasteiger partial charge on any atom is 0.244 e. The Morgan fingerprint density at radius 3 is 2.80 bits per heavy atom. The summed E-state index contributed by atoms with van der Waals surface area (Å²) < 4.78 is 5.51. The number of hydrogen-bond donors (Lipinski definition) is 1. The molecule has 1 N–H and O–H groups in total. The molecule has 108 valence electrons. The Hall–Kier alpha value is -1.61. The summed E-state index contributed by atoms with van der Waals surface area (Å²) in [6.07, 6.45) is 6.92. The number of benzene rings is 1. The Labute approximate surface area is 121 Å². The molecule has 0 saturated heterocycles. The minimum atomic E-state index is -0.0484. The molecule has 0 heterocycles. The lowest BCUT2D eigenvalue weighted by Crippen LogP contribution is -2.23. The highest BCUT2D eigenvalue weighted by molar-refractivity contribution is 5.91. The van der Waals surface area contributed by atoms with Crippen LogP contribution in [0, 0.1) is 12.8 Å². The first-order valence-corrected chi connectivity index (χ1v) is 7.34. The van der Waals surface area contributed by atoms with Gasteiger partial charge < -0.3 is 10.1 Å². The van der Waals surface area contributed by atoms with E-state index in [4.69, 9.17) is 4.74 Å². The number of carbonyl (C=O) groups excluding carboxylic acids is 1. The molecule has 3 nitrogen and oxygen atoms in total. The van der Waals surface area contributed by atoms with Gasteiger partial charge in [0.2, 0.25) is 5.91 Å². The zero-order valence-corrected chi connectivity index (χ0v) is 12.1. The van der Waals surface area contributed by atoms with Crippen LogP contribution in [0.15, 0.2) is 30.3 Å². The van der Waals surface area contributed by atoms with E-state index in [-0.39, 0.29) is 5.91 Å². The SMILES string of the molecule is Cc1ccc(/C=C/C(=O)NCCCOCC2CC2)cc1. The number of amides is 1. The van der Waals surface area contributed by atoms with E-state index in [1.54, 1.807) is 6.08 Å². The van der Waals surface area contributed by atoms with E-state index in [2.05, 4.69) is 5.32 Å². The summed E-state index contributed by atoms with van der Waals surface area (Å²) in [4.78, 5) is 11.6. The van der Waals surface area contributed by atoms with Gasteiger partial charge in [-0.2, -0.15) is 0 Å². The van der Waals surface area contributed by atoms with Crippen molar-refractivity contribution in [1.29, 1.82) is 0 Å². The number of nitrogens with one attached hydrogen (secondary N) is 1.